The summed E-state index contributed by atoms with van der Waals surface area (Å²) >= 11 is 0. The smallest absolute Gasteiger partial charge is 0.312 e. The predicted octanol–water partition coefficient (Wildman–Crippen LogP) is 2.30. The number of aromatic nitrogens is 7. The molecule has 1 aliphatic heterocycles. The Morgan fingerprint density at radius 1 is 1.21 bits per heavy atom. The highest BCUT2D eigenvalue weighted by Gasteiger charge is 2.38. The molecule has 0 saturated heterocycles. The van der Waals surface area contributed by atoms with Crippen molar-refractivity contribution in [2.24, 2.45) is 0 Å². The third-order valence-corrected chi connectivity index (χ3v) is 5.66. The Kier molecular flexibility index (Phi) is 4.39. The van der Waals surface area contributed by atoms with Crippen LogP contribution in [0, 0.1) is 0 Å². The second-order valence-corrected chi connectivity index (χ2v) is 7.52. The second kappa shape index (κ2) is 7.55. The van der Waals surface area contributed by atoms with Crippen LogP contribution in [0.1, 0.15) is 33.8 Å². The molecule has 1 atom stereocenters. The molecular formula is C22H18N8O3. The number of pyridine rings is 2. The zero-order chi connectivity index (χ0) is 22.4. The average molecular weight is 442 g/mol. The number of H-pyrrole nitrogens is 1. The zero-order valence-electron chi connectivity index (χ0n) is 17.5. The van der Waals surface area contributed by atoms with Crippen LogP contribution < -0.4 is 4.74 Å². The van der Waals surface area contributed by atoms with Crippen molar-refractivity contribution in [3.63, 3.8) is 0 Å². The zero-order valence-corrected chi connectivity index (χ0v) is 17.5. The summed E-state index contributed by atoms with van der Waals surface area (Å²) in [5, 5.41) is 12.7. The summed E-state index contributed by atoms with van der Waals surface area (Å²) in [6.07, 6.45) is 5.71. The number of hydrogen-bond acceptors (Lipinski definition) is 8. The first-order valence-electron chi connectivity index (χ1n) is 10.3. The van der Waals surface area contributed by atoms with Crippen molar-refractivity contribution in [2.45, 2.75) is 12.5 Å². The molecule has 33 heavy (non-hydrogen) atoms. The molecule has 0 unspecified atom stereocenters. The Labute approximate surface area is 187 Å². The Balaban J connectivity index is 1.41. The van der Waals surface area contributed by atoms with Crippen LogP contribution in [0.4, 0.5) is 0 Å². The number of imidazole rings is 1. The molecule has 0 aromatic carbocycles. The van der Waals surface area contributed by atoms with E-state index < -0.39 is 11.9 Å². The van der Waals surface area contributed by atoms with Crippen molar-refractivity contribution in [3.8, 4) is 17.3 Å². The quantitative estimate of drug-likeness (QED) is 0.449. The molecule has 6 rings (SSSR count). The maximum Gasteiger partial charge on any atom is 0.312 e. The van der Waals surface area contributed by atoms with Crippen LogP contribution in [-0.2, 0) is 6.42 Å². The highest BCUT2D eigenvalue weighted by atomic mass is 16.5. The topological polar surface area (TPSA) is 127 Å². The SMILES string of the molecule is COc1cccn2nc([C@H]3c4nc[nH]c4CCN3C(=O)c3nnc(-c4ccccn4)o3)cc12. The van der Waals surface area contributed by atoms with Crippen molar-refractivity contribution in [2.75, 3.05) is 13.7 Å². The number of rotatable bonds is 4. The van der Waals surface area contributed by atoms with Crippen LogP contribution in [0.15, 0.2) is 59.5 Å². The minimum absolute atomic E-state index is 0.110. The summed E-state index contributed by atoms with van der Waals surface area (Å²) < 4.78 is 12.9. The van der Waals surface area contributed by atoms with Crippen molar-refractivity contribution >= 4 is 11.4 Å². The lowest BCUT2D eigenvalue weighted by Crippen LogP contribution is -2.41. The van der Waals surface area contributed by atoms with Crippen molar-refractivity contribution in [1.82, 2.24) is 39.7 Å². The van der Waals surface area contributed by atoms with Gasteiger partial charge >= 0.3 is 11.8 Å². The molecule has 1 amide bonds. The molecule has 5 aromatic heterocycles. The highest BCUT2D eigenvalue weighted by Crippen LogP contribution is 2.35. The fraction of sp³-hybridized carbons (Fsp3) is 0.182. The van der Waals surface area contributed by atoms with E-state index in [1.807, 2.05) is 30.5 Å². The summed E-state index contributed by atoms with van der Waals surface area (Å²) in [5.41, 5.74) is 3.65. The third kappa shape index (κ3) is 3.13. The molecule has 0 spiro atoms. The third-order valence-electron chi connectivity index (χ3n) is 5.66. The lowest BCUT2D eigenvalue weighted by molar-refractivity contribution is 0.0646. The van der Waals surface area contributed by atoms with Gasteiger partial charge in [-0.25, -0.2) is 9.50 Å². The van der Waals surface area contributed by atoms with E-state index in [1.165, 1.54) is 0 Å². The molecule has 0 bridgehead atoms. The molecule has 0 aliphatic carbocycles. The van der Waals surface area contributed by atoms with Gasteiger partial charge in [-0.05, 0) is 30.3 Å². The van der Waals surface area contributed by atoms with Gasteiger partial charge in [0.05, 0.1) is 24.8 Å². The van der Waals surface area contributed by atoms with Crippen molar-refractivity contribution in [1.29, 1.82) is 0 Å². The molecular weight excluding hydrogens is 424 g/mol. The standard InChI is InChI=1S/C22H18N8O3/c1-32-17-6-4-9-30-16(17)11-15(28-30)19-18-13(24-12-25-18)7-10-29(19)22(31)21-27-26-20(33-21)14-5-2-3-8-23-14/h2-6,8-9,11-12,19H,7,10H2,1H3,(H,24,25)/t19-/m0/s1. The first-order valence-corrected chi connectivity index (χ1v) is 10.3. The fourth-order valence-corrected chi connectivity index (χ4v) is 4.13. The Bertz CT molecular complexity index is 1450. The highest BCUT2D eigenvalue weighted by molar-refractivity contribution is 5.90. The van der Waals surface area contributed by atoms with E-state index in [2.05, 4.69) is 25.1 Å². The van der Waals surface area contributed by atoms with Gasteiger partial charge in [0.2, 0.25) is 0 Å². The summed E-state index contributed by atoms with van der Waals surface area (Å²) in [6, 6.07) is 10.4. The molecule has 164 valence electrons. The van der Waals surface area contributed by atoms with Gasteiger partial charge < -0.3 is 19.0 Å². The molecule has 0 radical (unpaired) electrons. The van der Waals surface area contributed by atoms with Gasteiger partial charge in [0.25, 0.3) is 5.89 Å². The van der Waals surface area contributed by atoms with E-state index in [0.29, 0.717) is 30.1 Å². The van der Waals surface area contributed by atoms with Gasteiger partial charge in [-0.1, -0.05) is 6.07 Å². The summed E-state index contributed by atoms with van der Waals surface area (Å²) in [7, 11) is 1.61. The molecule has 1 N–H and O–H groups in total. The number of nitrogens with one attached hydrogen (secondary N) is 1. The average Bonchev–Trinajstić information content (AvgIpc) is 3.62. The van der Waals surface area contributed by atoms with Gasteiger partial charge in [0.15, 0.2) is 0 Å². The normalized spacial score (nSPS) is 15.5. The van der Waals surface area contributed by atoms with E-state index >= 15 is 0 Å². The van der Waals surface area contributed by atoms with E-state index in [4.69, 9.17) is 14.3 Å². The summed E-state index contributed by atoms with van der Waals surface area (Å²) in [5.74, 6) is 0.364. The summed E-state index contributed by atoms with van der Waals surface area (Å²) in [4.78, 5) is 27.0. The first kappa shape index (κ1) is 19.2. The number of ether oxygens (including phenoxy) is 1. The van der Waals surface area contributed by atoms with E-state index in [9.17, 15) is 4.79 Å². The van der Waals surface area contributed by atoms with E-state index in [1.54, 1.807) is 41.2 Å². The summed E-state index contributed by atoms with van der Waals surface area (Å²) in [6.45, 7) is 0.436. The number of nitrogens with zero attached hydrogens (tertiary/aromatic N) is 7. The number of methoxy groups -OCH3 is 1. The van der Waals surface area contributed by atoms with Crippen LogP contribution in [0.5, 0.6) is 5.75 Å². The molecule has 5 aromatic rings. The maximum atomic E-state index is 13.5. The molecule has 11 heteroatoms. The lowest BCUT2D eigenvalue weighted by Gasteiger charge is -2.32. The second-order valence-electron chi connectivity index (χ2n) is 7.52. The predicted molar refractivity (Wildman–Crippen MR) is 114 cm³/mol. The number of amides is 1. The monoisotopic (exact) mass is 442 g/mol. The number of carbonyl (C=O) groups is 1. The van der Waals surface area contributed by atoms with E-state index in [-0.39, 0.29) is 11.8 Å². The fourth-order valence-electron chi connectivity index (χ4n) is 4.13. The Hall–Kier alpha value is -4.54. The Morgan fingerprint density at radius 3 is 3.00 bits per heavy atom. The van der Waals surface area contributed by atoms with Crippen LogP contribution in [0.2, 0.25) is 0 Å². The molecule has 0 saturated carbocycles. The van der Waals surface area contributed by atoms with Gasteiger partial charge in [-0.3, -0.25) is 9.78 Å². The van der Waals surface area contributed by atoms with Gasteiger partial charge in [-0.2, -0.15) is 5.10 Å². The minimum atomic E-state index is -0.526. The number of carbonyl (C=O) groups excluding carboxylic acids is 1. The molecule has 0 fully saturated rings. The number of hydrogen-bond donors (Lipinski definition) is 1. The van der Waals surface area contributed by atoms with Gasteiger partial charge in [0.1, 0.15) is 23.0 Å². The van der Waals surface area contributed by atoms with Crippen LogP contribution >= 0.6 is 0 Å². The van der Waals surface area contributed by atoms with E-state index in [0.717, 1.165) is 16.9 Å². The van der Waals surface area contributed by atoms with Crippen LogP contribution in [0.3, 0.4) is 0 Å². The number of fused-ring (bicyclic) bond motifs is 2. The minimum Gasteiger partial charge on any atom is -0.494 e. The molecule has 6 heterocycles. The first-order chi connectivity index (χ1) is 16.2. The lowest BCUT2D eigenvalue weighted by atomic mass is 9.99. The Morgan fingerprint density at radius 2 is 2.15 bits per heavy atom. The van der Waals surface area contributed by atoms with Gasteiger partial charge in [0, 0.05) is 31.1 Å². The van der Waals surface area contributed by atoms with Crippen LogP contribution in [-0.4, -0.2) is 59.2 Å². The largest absolute Gasteiger partial charge is 0.494 e. The maximum absolute atomic E-state index is 13.5. The van der Waals surface area contributed by atoms with Crippen LogP contribution in [0.25, 0.3) is 17.1 Å². The van der Waals surface area contributed by atoms with Gasteiger partial charge in [-0.15, -0.1) is 10.2 Å². The van der Waals surface area contributed by atoms with Crippen molar-refractivity contribution in [3.05, 3.63) is 78.1 Å². The van der Waals surface area contributed by atoms with Crippen molar-refractivity contribution < 1.29 is 13.9 Å². The number of aromatic amines is 1. The molecule has 1 aliphatic rings. The molecule has 11 nitrogen and oxygen atoms in total.